The van der Waals surface area contributed by atoms with Crippen LogP contribution in [0.5, 0.6) is 0 Å². The highest BCUT2D eigenvalue weighted by atomic mass is 32.2. The van der Waals surface area contributed by atoms with Gasteiger partial charge in [0.05, 0.1) is 52.9 Å². The van der Waals surface area contributed by atoms with Crippen LogP contribution >= 0.6 is 11.8 Å². The Morgan fingerprint density at radius 2 is 0.533 bits per heavy atom. The van der Waals surface area contributed by atoms with E-state index in [4.69, 9.17) is 90.0 Å². The predicted octanol–water partition coefficient (Wildman–Crippen LogP) is 13.0. The molecule has 21 heteroatoms. The lowest BCUT2D eigenvalue weighted by Crippen LogP contribution is -2.70. The molecule has 0 amide bonds. The average molecular weight is 1470 g/mol. The number of ether oxygens (including phenoxy) is 19. The molecule has 1 N–H and O–H groups in total. The summed E-state index contributed by atoms with van der Waals surface area (Å²) in [7, 11) is 0. The molecule has 8 heterocycles. The first-order valence-electron chi connectivity index (χ1n) is 36.8. The standard InChI is InChI=1S/C86H86O20S/c87-67-72(88-46-54-28-10-1-11-29-54)68-63(50-92-79(100-68)58-36-18-5-19-37-58)96-83(67)104-76-73(89-47-55-30-12-2-13-31-55)69-64(51-93-80(101-69)59-38-20-6-21-39-59)97-84(76)105-77-74(90-48-56-32-14-3-15-33-56)70-65(52-94-81(102-70)60-40-22-7-23-41-60)98-85(77)106-78-75(91-49-57-34-16-4-17-35-57)71-66(99-86(78)107-62-44-26-9-27-45-62)53-95-82(103-71)61-42-24-8-25-43-61/h1-45,63-87H,46-53H2/t63-,64-,65-,66-,67+,68-,69-,70-,71-,72-,73+,74+,75+,76+,77+,78+,79?,80?,81?,82?,83+,84+,85+,86-/m1/s1. The van der Waals surface area contributed by atoms with Crippen LogP contribution in [0.2, 0.25) is 0 Å². The van der Waals surface area contributed by atoms with Gasteiger partial charge in [0, 0.05) is 27.1 Å². The second kappa shape index (κ2) is 34.6. The zero-order valence-corrected chi connectivity index (χ0v) is 59.4. The SMILES string of the molecule is O[C@@H]1[C@H](O[C@@H]2[C@H](O[C@@H]3[C@H](O[C@H]4[C@@H](OCc5ccccc5)[C@@H]5OC(c6ccccc6)OC[C@H]5O[C@@H]4Sc4ccccc4)O[C@@H]4COC(c5ccccc5)O[C@H]4[C@@H]3OCc3ccccc3)O[C@@H]3COC(c4ccccc4)O[C@H]3[C@@H]2OCc2ccccc2)O[C@@H]2COC(c3ccccc3)O[C@H]2[C@@H]1OCc1ccccc1. The van der Waals surface area contributed by atoms with Crippen LogP contribution in [-0.2, 0) is 116 Å². The summed E-state index contributed by atoms with van der Waals surface area (Å²) in [6, 6.07) is 88.4. The van der Waals surface area contributed by atoms with Gasteiger partial charge in [-0.25, -0.2) is 0 Å². The van der Waals surface area contributed by atoms with E-state index in [1.807, 2.05) is 273 Å². The third-order valence-corrected chi connectivity index (χ3v) is 21.6. The Labute approximate surface area is 626 Å². The van der Waals surface area contributed by atoms with Gasteiger partial charge in [0.2, 0.25) is 0 Å². The van der Waals surface area contributed by atoms with E-state index in [-0.39, 0.29) is 52.9 Å². The van der Waals surface area contributed by atoms with Crippen LogP contribution in [0, 0.1) is 0 Å². The molecule has 0 aromatic heterocycles. The number of rotatable bonds is 24. The number of hydrogen-bond acceptors (Lipinski definition) is 21. The number of thioether (sulfide) groups is 1. The molecule has 17 rings (SSSR count). The number of aliphatic hydroxyl groups is 1. The van der Waals surface area contributed by atoms with E-state index in [1.165, 1.54) is 11.8 Å². The van der Waals surface area contributed by atoms with Crippen LogP contribution in [0.25, 0.3) is 0 Å². The summed E-state index contributed by atoms with van der Waals surface area (Å²) < 4.78 is 136. The van der Waals surface area contributed by atoms with Gasteiger partial charge >= 0.3 is 0 Å². The third-order valence-electron chi connectivity index (χ3n) is 20.5. The summed E-state index contributed by atoms with van der Waals surface area (Å²) in [5.41, 5.74) is 5.91. The number of benzene rings is 9. The highest BCUT2D eigenvalue weighted by molar-refractivity contribution is 7.99. The minimum Gasteiger partial charge on any atom is -0.385 e. The molecule has 0 radical (unpaired) electrons. The van der Waals surface area contributed by atoms with Crippen molar-refractivity contribution in [1.29, 1.82) is 0 Å². The zero-order chi connectivity index (χ0) is 71.7. The highest BCUT2D eigenvalue weighted by Crippen LogP contribution is 2.47. The average Bonchev–Trinajstić information content (AvgIpc) is 0.765. The minimum atomic E-state index is -1.52. The van der Waals surface area contributed by atoms with Crippen LogP contribution < -0.4 is 0 Å². The predicted molar refractivity (Wildman–Crippen MR) is 388 cm³/mol. The second-order valence-electron chi connectivity index (χ2n) is 27.6. The normalized spacial score (nSPS) is 34.1. The van der Waals surface area contributed by atoms with Crippen molar-refractivity contribution < 1.29 is 95.1 Å². The molecule has 0 saturated carbocycles. The van der Waals surface area contributed by atoms with E-state index in [9.17, 15) is 5.11 Å². The van der Waals surface area contributed by atoms with Crippen molar-refractivity contribution in [1.82, 2.24) is 0 Å². The first-order chi connectivity index (χ1) is 52.9. The monoisotopic (exact) mass is 1470 g/mol. The van der Waals surface area contributed by atoms with Gasteiger partial charge in [0.25, 0.3) is 0 Å². The van der Waals surface area contributed by atoms with Crippen molar-refractivity contribution in [2.75, 3.05) is 26.4 Å². The van der Waals surface area contributed by atoms with Gasteiger partial charge in [-0.05, 0) is 34.4 Å². The Balaban J connectivity index is 0.790. The van der Waals surface area contributed by atoms with Crippen molar-refractivity contribution in [2.24, 2.45) is 0 Å². The molecule has 8 fully saturated rings. The summed E-state index contributed by atoms with van der Waals surface area (Å²) in [6.07, 6.45) is -23.5. The molecule has 0 aliphatic carbocycles. The van der Waals surface area contributed by atoms with Crippen LogP contribution in [0.4, 0.5) is 0 Å². The summed E-state index contributed by atoms with van der Waals surface area (Å²) in [5.74, 6) is 0. The molecular formula is C86H86O20S. The van der Waals surface area contributed by atoms with E-state index in [0.717, 1.165) is 49.4 Å². The summed E-state index contributed by atoms with van der Waals surface area (Å²) in [5, 5.41) is 13.3. The largest absolute Gasteiger partial charge is 0.385 e. The molecule has 9 aromatic rings. The Morgan fingerprint density at radius 3 is 0.879 bits per heavy atom. The second-order valence-corrected chi connectivity index (χ2v) is 28.8. The number of aliphatic hydroxyl groups excluding tert-OH is 1. The Hall–Kier alpha value is -7.47. The maximum Gasteiger partial charge on any atom is 0.187 e. The molecule has 107 heavy (non-hydrogen) atoms. The van der Waals surface area contributed by atoms with Gasteiger partial charge in [-0.15, -0.1) is 0 Å². The first-order valence-corrected chi connectivity index (χ1v) is 37.7. The summed E-state index contributed by atoms with van der Waals surface area (Å²) in [4.78, 5) is 0.903. The van der Waals surface area contributed by atoms with Gasteiger partial charge in [0.15, 0.2) is 44.0 Å². The fourth-order valence-electron chi connectivity index (χ4n) is 15.1. The molecular weight excluding hydrogens is 1380 g/mol. The van der Waals surface area contributed by atoms with E-state index in [2.05, 4.69) is 0 Å². The molecule has 8 aliphatic rings. The minimum absolute atomic E-state index is 0.0222. The Bertz CT molecular complexity index is 4160. The van der Waals surface area contributed by atoms with Gasteiger partial charge in [-0.3, -0.25) is 0 Å². The van der Waals surface area contributed by atoms with E-state index in [1.54, 1.807) is 0 Å². The lowest BCUT2D eigenvalue weighted by atomic mass is 9.94. The number of hydrogen-bond donors (Lipinski definition) is 1. The Morgan fingerprint density at radius 1 is 0.271 bits per heavy atom. The van der Waals surface area contributed by atoms with E-state index in [0.29, 0.717) is 0 Å². The lowest BCUT2D eigenvalue weighted by Gasteiger charge is -2.54. The smallest absolute Gasteiger partial charge is 0.187 e. The van der Waals surface area contributed by atoms with Crippen molar-refractivity contribution in [2.45, 2.75) is 178 Å². The molecule has 20 nitrogen and oxygen atoms in total. The highest BCUT2D eigenvalue weighted by Gasteiger charge is 2.61. The first kappa shape index (κ1) is 72.4. The maximum absolute atomic E-state index is 13.3. The molecule has 24 atom stereocenters. The van der Waals surface area contributed by atoms with Gasteiger partial charge in [0.1, 0.15) is 103 Å². The molecule has 8 saturated heterocycles. The van der Waals surface area contributed by atoms with E-state index >= 15 is 0 Å². The third kappa shape index (κ3) is 17.0. The van der Waals surface area contributed by atoms with Crippen molar-refractivity contribution in [3.8, 4) is 0 Å². The number of fused-ring (bicyclic) bond motifs is 4. The lowest BCUT2D eigenvalue weighted by molar-refractivity contribution is -0.434. The quantitative estimate of drug-likeness (QED) is 0.0599. The molecule has 9 aromatic carbocycles. The van der Waals surface area contributed by atoms with E-state index < -0.39 is 147 Å². The molecule has 0 bridgehead atoms. The van der Waals surface area contributed by atoms with Crippen LogP contribution in [0.15, 0.2) is 278 Å². The van der Waals surface area contributed by atoms with Crippen LogP contribution in [0.3, 0.4) is 0 Å². The van der Waals surface area contributed by atoms with Crippen molar-refractivity contribution >= 4 is 11.8 Å². The topological polar surface area (TPSA) is 196 Å². The Kier molecular flexibility index (Phi) is 23.4. The zero-order valence-electron chi connectivity index (χ0n) is 58.6. The van der Waals surface area contributed by atoms with Crippen LogP contribution in [-0.4, -0.2) is 154 Å². The fraction of sp³-hybridized carbons (Fsp3) is 0.372. The fourth-order valence-corrected chi connectivity index (χ4v) is 16.2. The molecule has 8 aliphatic heterocycles. The van der Waals surface area contributed by atoms with Crippen LogP contribution in [0.1, 0.15) is 69.7 Å². The molecule has 0 spiro atoms. The van der Waals surface area contributed by atoms with Gasteiger partial charge in [-0.2, -0.15) is 0 Å². The van der Waals surface area contributed by atoms with Crippen molar-refractivity contribution in [3.63, 3.8) is 0 Å². The molecule has 4 unspecified atom stereocenters. The summed E-state index contributed by atoms with van der Waals surface area (Å²) in [6.45, 7) is 0.776. The summed E-state index contributed by atoms with van der Waals surface area (Å²) >= 11 is 1.48. The van der Waals surface area contributed by atoms with Gasteiger partial charge in [-0.1, -0.05) is 273 Å². The maximum atomic E-state index is 13.3. The van der Waals surface area contributed by atoms with Gasteiger partial charge < -0.3 is 95.1 Å². The molecule has 556 valence electrons. The van der Waals surface area contributed by atoms with Crippen molar-refractivity contribution in [3.05, 3.63) is 317 Å².